The van der Waals surface area contributed by atoms with E-state index < -0.39 is 11.6 Å². The average molecular weight is 465 g/mol. The number of methoxy groups -OCH3 is 1. The van der Waals surface area contributed by atoms with Crippen LogP contribution in [0.25, 0.3) is 16.7 Å². The van der Waals surface area contributed by atoms with Gasteiger partial charge in [-0.1, -0.05) is 13.0 Å². The molecule has 0 saturated carbocycles. The molecule has 2 aromatic heterocycles. The number of rotatable bonds is 6. The van der Waals surface area contributed by atoms with Crippen LogP contribution in [0.15, 0.2) is 36.7 Å². The van der Waals surface area contributed by atoms with Crippen LogP contribution >= 0.6 is 0 Å². The van der Waals surface area contributed by atoms with Crippen molar-refractivity contribution in [3.05, 3.63) is 70.8 Å². The van der Waals surface area contributed by atoms with Crippen molar-refractivity contribution in [2.24, 2.45) is 0 Å². The lowest BCUT2D eigenvalue weighted by atomic mass is 9.97. The fourth-order valence-electron chi connectivity index (χ4n) is 5.12. The van der Waals surface area contributed by atoms with Crippen LogP contribution in [0.3, 0.4) is 0 Å². The van der Waals surface area contributed by atoms with Crippen molar-refractivity contribution in [3.63, 3.8) is 0 Å². The van der Waals surface area contributed by atoms with Crippen molar-refractivity contribution in [3.8, 4) is 16.9 Å². The van der Waals surface area contributed by atoms with Gasteiger partial charge >= 0.3 is 0 Å². The molecule has 1 aromatic carbocycles. The normalized spacial score (nSPS) is 16.6. The van der Waals surface area contributed by atoms with E-state index in [0.717, 1.165) is 66.1 Å². The van der Waals surface area contributed by atoms with E-state index in [-0.39, 0.29) is 17.7 Å². The van der Waals surface area contributed by atoms with Crippen LogP contribution < -0.4 is 4.74 Å². The highest BCUT2D eigenvalue weighted by Gasteiger charge is 2.24. The number of pyridine rings is 1. The van der Waals surface area contributed by atoms with Gasteiger partial charge < -0.3 is 9.64 Å². The first-order valence-corrected chi connectivity index (χ1v) is 12.0. The van der Waals surface area contributed by atoms with Gasteiger partial charge in [-0.3, -0.25) is 9.67 Å². The average Bonchev–Trinajstić information content (AvgIpc) is 3.44. The third kappa shape index (κ3) is 4.13. The first-order chi connectivity index (χ1) is 16.5. The molecule has 1 fully saturated rings. The van der Waals surface area contributed by atoms with Crippen LogP contribution in [-0.4, -0.2) is 46.4 Å². The minimum absolute atomic E-state index is 0.0197. The van der Waals surface area contributed by atoms with Gasteiger partial charge in [0.1, 0.15) is 5.82 Å². The minimum atomic E-state index is -0.646. The first-order valence-electron chi connectivity index (χ1n) is 12.0. The van der Waals surface area contributed by atoms with Gasteiger partial charge in [0.25, 0.3) is 0 Å². The Balaban J connectivity index is 1.41. The van der Waals surface area contributed by atoms with E-state index in [0.29, 0.717) is 12.5 Å². The second-order valence-electron chi connectivity index (χ2n) is 9.14. The van der Waals surface area contributed by atoms with Gasteiger partial charge in [-0.2, -0.15) is 5.10 Å². The van der Waals surface area contributed by atoms with Crippen molar-refractivity contribution in [2.45, 2.75) is 45.6 Å². The Bertz CT molecular complexity index is 1240. The minimum Gasteiger partial charge on any atom is -0.494 e. The van der Waals surface area contributed by atoms with Crippen molar-refractivity contribution in [1.82, 2.24) is 19.7 Å². The molecule has 0 atom stereocenters. The van der Waals surface area contributed by atoms with Crippen LogP contribution in [0.1, 0.15) is 48.3 Å². The third-order valence-electron chi connectivity index (χ3n) is 7.20. The number of halogens is 2. The lowest BCUT2D eigenvalue weighted by Crippen LogP contribution is -2.34. The Hall–Kier alpha value is -3.06. The Morgan fingerprint density at radius 1 is 1.15 bits per heavy atom. The lowest BCUT2D eigenvalue weighted by molar-refractivity contribution is 0.187. The summed E-state index contributed by atoms with van der Waals surface area (Å²) in [4.78, 5) is 7.15. The van der Waals surface area contributed by atoms with E-state index in [4.69, 9.17) is 9.84 Å². The molecule has 0 N–H and O–H groups in total. The molecule has 34 heavy (non-hydrogen) atoms. The molecule has 178 valence electrons. The number of hydrogen-bond donors (Lipinski definition) is 0. The molecule has 0 bridgehead atoms. The summed E-state index contributed by atoms with van der Waals surface area (Å²) in [5.41, 5.74) is 5.78. The van der Waals surface area contributed by atoms with E-state index in [1.165, 1.54) is 19.2 Å². The van der Waals surface area contributed by atoms with Crippen molar-refractivity contribution in [2.75, 3.05) is 26.7 Å². The zero-order valence-corrected chi connectivity index (χ0v) is 19.9. The highest BCUT2D eigenvalue weighted by atomic mass is 19.1. The van der Waals surface area contributed by atoms with Crippen molar-refractivity contribution in [1.29, 1.82) is 0 Å². The smallest absolute Gasteiger partial charge is 0.171 e. The number of hydrogen-bond acceptors (Lipinski definition) is 4. The maximum Gasteiger partial charge on any atom is 0.171 e. The van der Waals surface area contributed by atoms with Crippen LogP contribution in [0, 0.1) is 18.6 Å². The number of benzene rings is 1. The van der Waals surface area contributed by atoms with Gasteiger partial charge in [0.15, 0.2) is 11.6 Å². The van der Waals surface area contributed by atoms with Crippen LogP contribution in [0.5, 0.6) is 5.75 Å². The lowest BCUT2D eigenvalue weighted by Gasteiger charge is -2.31. The zero-order valence-electron chi connectivity index (χ0n) is 19.9. The molecule has 0 radical (unpaired) electrons. The molecule has 5 nitrogen and oxygen atoms in total. The fraction of sp³-hybridized carbons (Fsp3) is 0.407. The topological polar surface area (TPSA) is 43.2 Å². The molecular formula is C27H30F2N4O. The van der Waals surface area contributed by atoms with Crippen molar-refractivity contribution >= 4 is 5.57 Å². The molecular weight excluding hydrogens is 434 g/mol. The quantitative estimate of drug-likeness (QED) is 0.491. The first kappa shape index (κ1) is 22.7. The van der Waals surface area contributed by atoms with E-state index in [9.17, 15) is 8.78 Å². The Morgan fingerprint density at radius 3 is 2.68 bits per heavy atom. The Morgan fingerprint density at radius 2 is 1.94 bits per heavy atom. The van der Waals surface area contributed by atoms with E-state index in [2.05, 4.69) is 33.8 Å². The van der Waals surface area contributed by atoms with Gasteiger partial charge in [-0.25, -0.2) is 8.78 Å². The van der Waals surface area contributed by atoms with Crippen LogP contribution in [-0.2, 0) is 12.8 Å². The molecule has 1 aliphatic heterocycles. The number of nitrogens with zero attached hydrogens (tertiary/aromatic N) is 4. The zero-order chi connectivity index (χ0) is 23.8. The molecule has 7 heteroatoms. The Labute approximate surface area is 199 Å². The van der Waals surface area contributed by atoms with Gasteiger partial charge in [0.05, 0.1) is 24.5 Å². The van der Waals surface area contributed by atoms with Crippen LogP contribution in [0.2, 0.25) is 0 Å². The second kappa shape index (κ2) is 9.29. The van der Waals surface area contributed by atoms with Gasteiger partial charge in [0.2, 0.25) is 0 Å². The highest BCUT2D eigenvalue weighted by Crippen LogP contribution is 2.36. The summed E-state index contributed by atoms with van der Waals surface area (Å²) >= 11 is 0. The van der Waals surface area contributed by atoms with E-state index >= 15 is 0 Å². The summed E-state index contributed by atoms with van der Waals surface area (Å²) in [7, 11) is 1.38. The fourth-order valence-corrected chi connectivity index (χ4v) is 5.12. The van der Waals surface area contributed by atoms with Gasteiger partial charge in [0, 0.05) is 60.6 Å². The number of aromatic nitrogens is 3. The van der Waals surface area contributed by atoms with Crippen molar-refractivity contribution < 1.29 is 13.5 Å². The number of allylic oxidation sites excluding steroid dienone is 2. The summed E-state index contributed by atoms with van der Waals surface area (Å²) in [5, 5.41) is 4.83. The van der Waals surface area contributed by atoms with Gasteiger partial charge in [-0.05, 0) is 50.1 Å². The standard InChI is InChI=1S/C27H30F2N4O/c1-4-32-11-9-20(10-12-32)33-16-23(17(2)31-33)19-14-21-18(5-7-25(21)30-15-19)13-22-24(28)6-8-26(34-3)27(22)29/h5-6,8,14-16,20H,4,7,9-13H2,1-3H3. The second-order valence-corrected chi connectivity index (χ2v) is 9.14. The molecule has 3 aromatic rings. The number of aryl methyl sites for hydroxylation is 1. The molecule has 0 spiro atoms. The molecule has 2 aliphatic rings. The van der Waals surface area contributed by atoms with Gasteiger partial charge in [-0.15, -0.1) is 0 Å². The molecule has 0 amide bonds. The molecule has 5 rings (SSSR count). The molecule has 1 aliphatic carbocycles. The highest BCUT2D eigenvalue weighted by molar-refractivity contribution is 5.78. The number of ether oxygens (including phenoxy) is 1. The summed E-state index contributed by atoms with van der Waals surface area (Å²) < 4.78 is 36.4. The number of fused-ring (bicyclic) bond motifs is 1. The van der Waals surface area contributed by atoms with E-state index in [1.807, 2.05) is 19.2 Å². The van der Waals surface area contributed by atoms with Crippen LogP contribution in [0.4, 0.5) is 8.78 Å². The maximum absolute atomic E-state index is 14.8. The predicted octanol–water partition coefficient (Wildman–Crippen LogP) is 5.38. The summed E-state index contributed by atoms with van der Waals surface area (Å²) in [6, 6.07) is 5.07. The number of likely N-dealkylation sites (tertiary alicyclic amines) is 1. The monoisotopic (exact) mass is 464 g/mol. The SMILES string of the molecule is CCN1CCC(n2cc(-c3cnc4c(c3)C(Cc3c(F)ccc(OC)c3F)=CC4)c(C)n2)CC1. The number of piperidine rings is 1. The predicted molar refractivity (Wildman–Crippen MR) is 129 cm³/mol. The summed E-state index contributed by atoms with van der Waals surface area (Å²) in [6.07, 6.45) is 9.04. The summed E-state index contributed by atoms with van der Waals surface area (Å²) in [6.45, 7) is 7.52. The Kier molecular flexibility index (Phi) is 6.21. The summed E-state index contributed by atoms with van der Waals surface area (Å²) in [5.74, 6) is -1.16. The molecule has 3 heterocycles. The third-order valence-corrected chi connectivity index (χ3v) is 7.20. The van der Waals surface area contributed by atoms with E-state index in [1.54, 1.807) is 0 Å². The largest absolute Gasteiger partial charge is 0.494 e. The molecule has 0 unspecified atom stereocenters. The maximum atomic E-state index is 14.8. The molecule has 1 saturated heterocycles.